The molecule has 1 aliphatic rings. The maximum Gasteiger partial charge on any atom is 0.407 e. The predicted octanol–water partition coefficient (Wildman–Crippen LogP) is 1.00. The van der Waals surface area contributed by atoms with Crippen LogP contribution in [-0.2, 0) is 4.74 Å². The van der Waals surface area contributed by atoms with E-state index >= 15 is 0 Å². The fourth-order valence-corrected chi connectivity index (χ4v) is 1.19. The van der Waals surface area contributed by atoms with Gasteiger partial charge in [-0.1, -0.05) is 0 Å². The molecule has 0 atom stereocenters. The first-order valence-electron chi connectivity index (χ1n) is 4.61. The Morgan fingerprint density at radius 3 is 2.38 bits per heavy atom. The lowest BCUT2D eigenvalue weighted by Gasteiger charge is -2.32. The van der Waals surface area contributed by atoms with Crippen molar-refractivity contribution in [3.05, 3.63) is 0 Å². The van der Waals surface area contributed by atoms with Crippen LogP contribution in [0.3, 0.4) is 0 Å². The average Bonchev–Trinajstić information content (AvgIpc) is 1.79. The Labute approximate surface area is 78.8 Å². The zero-order valence-corrected chi connectivity index (χ0v) is 8.46. The van der Waals surface area contributed by atoms with Crippen molar-refractivity contribution in [2.75, 3.05) is 0 Å². The van der Waals surface area contributed by atoms with E-state index in [1.807, 2.05) is 20.8 Å². The topological polar surface area (TPSA) is 64.3 Å². The van der Waals surface area contributed by atoms with Crippen molar-refractivity contribution in [1.29, 1.82) is 0 Å². The first-order valence-corrected chi connectivity index (χ1v) is 4.61. The van der Waals surface area contributed by atoms with Gasteiger partial charge in [-0.05, 0) is 33.6 Å². The van der Waals surface area contributed by atoms with Gasteiger partial charge in [-0.25, -0.2) is 4.79 Å². The van der Waals surface area contributed by atoms with Crippen molar-refractivity contribution in [2.45, 2.75) is 51.3 Å². The van der Waals surface area contributed by atoms with Crippen LogP contribution >= 0.6 is 0 Å². The van der Waals surface area contributed by atoms with E-state index in [1.54, 1.807) is 0 Å². The Balaban J connectivity index is 2.19. The SMILES string of the molecule is CC(C)(C)NC(=O)OC1CC(N)C1. The molecule has 1 aliphatic carbocycles. The molecular weight excluding hydrogens is 168 g/mol. The normalized spacial score (nSPS) is 27.7. The number of hydrogen-bond acceptors (Lipinski definition) is 3. The summed E-state index contributed by atoms with van der Waals surface area (Å²) in [5.41, 5.74) is 5.33. The fraction of sp³-hybridized carbons (Fsp3) is 0.889. The van der Waals surface area contributed by atoms with Gasteiger partial charge in [-0.15, -0.1) is 0 Å². The summed E-state index contributed by atoms with van der Waals surface area (Å²) in [7, 11) is 0. The Morgan fingerprint density at radius 2 is 2.00 bits per heavy atom. The Bertz CT molecular complexity index is 192. The van der Waals surface area contributed by atoms with Gasteiger partial charge in [0.15, 0.2) is 0 Å². The highest BCUT2D eigenvalue weighted by Gasteiger charge is 2.30. The summed E-state index contributed by atoms with van der Waals surface area (Å²) >= 11 is 0. The maximum absolute atomic E-state index is 11.2. The van der Waals surface area contributed by atoms with E-state index in [0.29, 0.717) is 0 Å². The molecule has 76 valence electrons. The maximum atomic E-state index is 11.2. The van der Waals surface area contributed by atoms with Crippen LogP contribution in [0.15, 0.2) is 0 Å². The van der Waals surface area contributed by atoms with Crippen molar-refractivity contribution in [3.8, 4) is 0 Å². The number of ether oxygens (including phenoxy) is 1. The van der Waals surface area contributed by atoms with Gasteiger partial charge in [0, 0.05) is 11.6 Å². The third-order valence-electron chi connectivity index (χ3n) is 1.88. The van der Waals surface area contributed by atoms with Gasteiger partial charge < -0.3 is 15.8 Å². The van der Waals surface area contributed by atoms with E-state index in [2.05, 4.69) is 5.32 Å². The molecule has 0 aromatic heterocycles. The number of rotatable bonds is 1. The highest BCUT2D eigenvalue weighted by Crippen LogP contribution is 2.21. The molecule has 4 nitrogen and oxygen atoms in total. The largest absolute Gasteiger partial charge is 0.446 e. The summed E-state index contributed by atoms with van der Waals surface area (Å²) in [6.45, 7) is 5.75. The quantitative estimate of drug-likeness (QED) is 0.642. The molecule has 1 saturated carbocycles. The lowest BCUT2D eigenvalue weighted by Crippen LogP contribution is -2.47. The molecule has 0 aliphatic heterocycles. The molecule has 0 heterocycles. The molecule has 0 radical (unpaired) electrons. The number of nitrogens with two attached hydrogens (primary N) is 1. The molecule has 1 fully saturated rings. The summed E-state index contributed by atoms with van der Waals surface area (Å²) < 4.78 is 5.10. The van der Waals surface area contributed by atoms with Crippen LogP contribution in [-0.4, -0.2) is 23.8 Å². The van der Waals surface area contributed by atoms with Crippen LogP contribution < -0.4 is 11.1 Å². The van der Waals surface area contributed by atoms with Crippen LogP contribution in [0.4, 0.5) is 4.79 Å². The second kappa shape index (κ2) is 3.54. The van der Waals surface area contributed by atoms with E-state index in [-0.39, 0.29) is 23.8 Å². The predicted molar refractivity (Wildman–Crippen MR) is 50.4 cm³/mol. The summed E-state index contributed by atoms with van der Waals surface area (Å²) in [4.78, 5) is 11.2. The third-order valence-corrected chi connectivity index (χ3v) is 1.88. The smallest absolute Gasteiger partial charge is 0.407 e. The van der Waals surface area contributed by atoms with Crippen LogP contribution in [0.2, 0.25) is 0 Å². The molecule has 3 N–H and O–H groups in total. The second-order valence-corrected chi connectivity index (χ2v) is 4.63. The minimum absolute atomic E-state index is 0.0253. The van der Waals surface area contributed by atoms with Gasteiger partial charge in [0.25, 0.3) is 0 Å². The number of carbonyl (C=O) groups excluding carboxylic acids is 1. The van der Waals surface area contributed by atoms with Crippen molar-refractivity contribution in [1.82, 2.24) is 5.32 Å². The molecule has 1 amide bonds. The van der Waals surface area contributed by atoms with Crippen molar-refractivity contribution in [2.24, 2.45) is 5.73 Å². The number of nitrogens with one attached hydrogen (secondary N) is 1. The summed E-state index contributed by atoms with van der Waals surface area (Å²) in [5, 5.41) is 2.73. The van der Waals surface area contributed by atoms with E-state index in [1.165, 1.54) is 0 Å². The minimum Gasteiger partial charge on any atom is -0.446 e. The van der Waals surface area contributed by atoms with Gasteiger partial charge in [-0.3, -0.25) is 0 Å². The fourth-order valence-electron chi connectivity index (χ4n) is 1.19. The van der Waals surface area contributed by atoms with E-state index in [0.717, 1.165) is 12.8 Å². The second-order valence-electron chi connectivity index (χ2n) is 4.63. The van der Waals surface area contributed by atoms with Crippen molar-refractivity contribution >= 4 is 6.09 Å². The highest BCUT2D eigenvalue weighted by atomic mass is 16.6. The molecule has 0 aromatic rings. The van der Waals surface area contributed by atoms with Gasteiger partial charge in [-0.2, -0.15) is 0 Å². The summed E-state index contributed by atoms with van der Waals surface area (Å²) in [6.07, 6.45) is 1.26. The molecular formula is C9H18N2O2. The third kappa shape index (κ3) is 3.63. The van der Waals surface area contributed by atoms with Crippen molar-refractivity contribution in [3.63, 3.8) is 0 Å². The summed E-state index contributed by atoms with van der Waals surface area (Å²) in [5.74, 6) is 0. The van der Waals surface area contributed by atoms with Crippen molar-refractivity contribution < 1.29 is 9.53 Å². The average molecular weight is 186 g/mol. The van der Waals surface area contributed by atoms with Gasteiger partial charge in [0.2, 0.25) is 0 Å². The first-order chi connectivity index (χ1) is 5.87. The van der Waals surface area contributed by atoms with Gasteiger partial charge in [0.05, 0.1) is 0 Å². The molecule has 1 rings (SSSR count). The lowest BCUT2D eigenvalue weighted by molar-refractivity contribution is 0.0375. The number of amides is 1. The van der Waals surface area contributed by atoms with E-state index < -0.39 is 0 Å². The number of hydrogen-bond donors (Lipinski definition) is 2. The molecule has 0 bridgehead atoms. The number of alkyl carbamates (subject to hydrolysis) is 1. The molecule has 0 saturated heterocycles. The first kappa shape index (κ1) is 10.3. The lowest BCUT2D eigenvalue weighted by atomic mass is 9.90. The molecule has 4 heteroatoms. The van der Waals surface area contributed by atoms with E-state index in [9.17, 15) is 4.79 Å². The Hall–Kier alpha value is -0.770. The van der Waals surface area contributed by atoms with Crippen LogP contribution in [0.25, 0.3) is 0 Å². The Morgan fingerprint density at radius 1 is 1.46 bits per heavy atom. The van der Waals surface area contributed by atoms with Gasteiger partial charge in [0.1, 0.15) is 6.10 Å². The monoisotopic (exact) mass is 186 g/mol. The van der Waals surface area contributed by atoms with Crippen LogP contribution in [0, 0.1) is 0 Å². The molecule has 0 spiro atoms. The zero-order chi connectivity index (χ0) is 10.1. The summed E-state index contributed by atoms with van der Waals surface area (Å²) in [6, 6.07) is 0.215. The highest BCUT2D eigenvalue weighted by molar-refractivity contribution is 5.68. The van der Waals surface area contributed by atoms with Crippen LogP contribution in [0.1, 0.15) is 33.6 Å². The molecule has 0 aromatic carbocycles. The van der Waals surface area contributed by atoms with Gasteiger partial charge >= 0.3 is 6.09 Å². The molecule has 0 unspecified atom stereocenters. The minimum atomic E-state index is -0.343. The Kier molecular flexibility index (Phi) is 2.81. The standard InChI is InChI=1S/C9H18N2O2/c1-9(2,3)11-8(12)13-7-4-6(10)5-7/h6-7H,4-5,10H2,1-3H3,(H,11,12). The number of carbonyl (C=O) groups is 1. The zero-order valence-electron chi connectivity index (χ0n) is 8.46. The molecule has 13 heavy (non-hydrogen) atoms. The van der Waals surface area contributed by atoms with E-state index in [4.69, 9.17) is 10.5 Å². The van der Waals surface area contributed by atoms with Crippen LogP contribution in [0.5, 0.6) is 0 Å².